The molecule has 6 nitrogen and oxygen atoms in total. The number of hydrogen-bond donors (Lipinski definition) is 2. The van der Waals surface area contributed by atoms with Gasteiger partial charge in [0.15, 0.2) is 11.9 Å². The van der Waals surface area contributed by atoms with E-state index in [-0.39, 0.29) is 11.8 Å². The fraction of sp³-hybridized carbons (Fsp3) is 0.214. The molecule has 0 unspecified atom stereocenters. The van der Waals surface area contributed by atoms with Crippen LogP contribution in [0, 0.1) is 0 Å². The van der Waals surface area contributed by atoms with Gasteiger partial charge >= 0.3 is 0 Å². The first kappa shape index (κ1) is 13.6. The van der Waals surface area contributed by atoms with Crippen LogP contribution in [0.3, 0.4) is 0 Å². The Bertz CT molecular complexity index is 685. The third kappa shape index (κ3) is 2.73. The van der Waals surface area contributed by atoms with Gasteiger partial charge in [0.05, 0.1) is 17.8 Å². The lowest BCUT2D eigenvalue weighted by Gasteiger charge is -2.24. The predicted octanol–water partition coefficient (Wildman–Crippen LogP) is 1.79. The van der Waals surface area contributed by atoms with Gasteiger partial charge in [-0.05, 0) is 19.1 Å². The van der Waals surface area contributed by atoms with E-state index >= 15 is 0 Å². The molecule has 1 aliphatic rings. The number of amides is 2. The molecular weight excluding hydrogens is 290 g/mol. The number of ether oxygens (including phenoxy) is 1. The number of carbonyl (C=O) groups excluding carboxylic acids is 2. The molecule has 0 spiro atoms. The molecule has 2 heterocycles. The molecule has 0 bridgehead atoms. The standard InChI is InChI=1S/C14H13N3O3S/c1-8-13(18)17-10-4-2-3-9(12(10)20-8)14(19)16-7-11-15-5-6-21-11/h2-6,8H,7H2,1H3,(H,16,19)(H,17,18)/t8-/m1/s1. The van der Waals surface area contributed by atoms with Gasteiger partial charge in [-0.1, -0.05) is 6.07 Å². The van der Waals surface area contributed by atoms with Gasteiger partial charge < -0.3 is 15.4 Å². The van der Waals surface area contributed by atoms with Gasteiger partial charge in [-0.3, -0.25) is 9.59 Å². The summed E-state index contributed by atoms with van der Waals surface area (Å²) in [5.74, 6) is -0.0746. The van der Waals surface area contributed by atoms with Gasteiger partial charge in [0.25, 0.3) is 11.8 Å². The zero-order valence-corrected chi connectivity index (χ0v) is 12.1. The molecule has 0 saturated heterocycles. The van der Waals surface area contributed by atoms with Crippen LogP contribution < -0.4 is 15.4 Å². The highest BCUT2D eigenvalue weighted by atomic mass is 32.1. The van der Waals surface area contributed by atoms with Crippen LogP contribution in [0.15, 0.2) is 29.8 Å². The Morgan fingerprint density at radius 2 is 2.38 bits per heavy atom. The lowest BCUT2D eigenvalue weighted by molar-refractivity contribution is -0.122. The number of carbonyl (C=O) groups is 2. The molecule has 2 N–H and O–H groups in total. The second kappa shape index (κ2) is 5.53. The van der Waals surface area contributed by atoms with Crippen molar-refractivity contribution in [1.82, 2.24) is 10.3 Å². The van der Waals surface area contributed by atoms with Crippen LogP contribution in [0.4, 0.5) is 5.69 Å². The second-order valence-electron chi connectivity index (χ2n) is 4.54. The molecule has 1 aliphatic heterocycles. The topological polar surface area (TPSA) is 80.3 Å². The average molecular weight is 303 g/mol. The summed E-state index contributed by atoms with van der Waals surface area (Å²) in [6.45, 7) is 2.00. The Morgan fingerprint density at radius 1 is 1.52 bits per heavy atom. The van der Waals surface area contributed by atoms with Crippen LogP contribution in [0.5, 0.6) is 5.75 Å². The Kier molecular flexibility index (Phi) is 3.57. The number of benzene rings is 1. The fourth-order valence-electron chi connectivity index (χ4n) is 2.00. The van der Waals surface area contributed by atoms with Crippen LogP contribution in [0.2, 0.25) is 0 Å². The van der Waals surface area contributed by atoms with Gasteiger partial charge in [0.2, 0.25) is 0 Å². The Balaban J connectivity index is 1.80. The SMILES string of the molecule is C[C@H]1Oc2c(cccc2C(=O)NCc2nccs2)NC1=O. The number of rotatable bonds is 3. The fourth-order valence-corrected chi connectivity index (χ4v) is 2.55. The Labute approximate surface area is 125 Å². The number of thiazole rings is 1. The number of aromatic nitrogens is 1. The van der Waals surface area contributed by atoms with Gasteiger partial charge in [-0.2, -0.15) is 0 Å². The van der Waals surface area contributed by atoms with E-state index < -0.39 is 6.10 Å². The van der Waals surface area contributed by atoms with Crippen LogP contribution >= 0.6 is 11.3 Å². The molecule has 0 saturated carbocycles. The number of nitrogens with one attached hydrogen (secondary N) is 2. The van der Waals surface area contributed by atoms with E-state index in [2.05, 4.69) is 15.6 Å². The van der Waals surface area contributed by atoms with Crippen LogP contribution in [0.1, 0.15) is 22.3 Å². The number of hydrogen-bond acceptors (Lipinski definition) is 5. The van der Waals surface area contributed by atoms with E-state index in [1.165, 1.54) is 11.3 Å². The molecule has 1 aromatic carbocycles. The zero-order valence-electron chi connectivity index (χ0n) is 11.3. The van der Waals surface area contributed by atoms with Crippen LogP contribution in [-0.2, 0) is 11.3 Å². The summed E-state index contributed by atoms with van der Waals surface area (Å²) in [6.07, 6.45) is 1.07. The first-order chi connectivity index (χ1) is 10.1. The first-order valence-corrected chi connectivity index (χ1v) is 7.30. The minimum Gasteiger partial charge on any atom is -0.478 e. The number of anilines is 1. The van der Waals surface area contributed by atoms with Crippen molar-refractivity contribution in [3.05, 3.63) is 40.3 Å². The average Bonchev–Trinajstić information content (AvgIpc) is 2.99. The van der Waals surface area contributed by atoms with Crippen molar-refractivity contribution in [1.29, 1.82) is 0 Å². The number of fused-ring (bicyclic) bond motifs is 1. The number of para-hydroxylation sites is 1. The highest BCUT2D eigenvalue weighted by Crippen LogP contribution is 2.33. The van der Waals surface area contributed by atoms with E-state index in [0.717, 1.165) is 5.01 Å². The van der Waals surface area contributed by atoms with E-state index in [4.69, 9.17) is 4.74 Å². The second-order valence-corrected chi connectivity index (χ2v) is 5.52. The van der Waals surface area contributed by atoms with Crippen molar-refractivity contribution in [2.24, 2.45) is 0 Å². The van der Waals surface area contributed by atoms with Crippen molar-refractivity contribution < 1.29 is 14.3 Å². The molecule has 7 heteroatoms. The minimum atomic E-state index is -0.620. The van der Waals surface area contributed by atoms with Crippen molar-refractivity contribution >= 4 is 28.8 Å². The lowest BCUT2D eigenvalue weighted by atomic mass is 10.1. The quantitative estimate of drug-likeness (QED) is 0.906. The third-order valence-corrected chi connectivity index (χ3v) is 3.84. The summed E-state index contributed by atoms with van der Waals surface area (Å²) in [6, 6.07) is 5.08. The number of nitrogens with zero attached hydrogens (tertiary/aromatic N) is 1. The molecule has 0 radical (unpaired) electrons. The third-order valence-electron chi connectivity index (χ3n) is 3.07. The molecule has 21 heavy (non-hydrogen) atoms. The molecule has 0 aliphatic carbocycles. The van der Waals surface area contributed by atoms with E-state index in [1.54, 1.807) is 31.3 Å². The summed E-state index contributed by atoms with van der Waals surface area (Å²) in [7, 11) is 0. The van der Waals surface area contributed by atoms with E-state index in [0.29, 0.717) is 23.5 Å². The highest BCUT2D eigenvalue weighted by molar-refractivity contribution is 7.09. The Hall–Kier alpha value is -2.41. The predicted molar refractivity (Wildman–Crippen MR) is 78.4 cm³/mol. The van der Waals surface area contributed by atoms with E-state index in [9.17, 15) is 9.59 Å². The van der Waals surface area contributed by atoms with Crippen molar-refractivity contribution in [3.8, 4) is 5.75 Å². The molecule has 108 valence electrons. The molecule has 0 fully saturated rings. The van der Waals surface area contributed by atoms with Crippen molar-refractivity contribution in [2.75, 3.05) is 5.32 Å². The van der Waals surface area contributed by atoms with Crippen LogP contribution in [0.25, 0.3) is 0 Å². The van der Waals surface area contributed by atoms with Gasteiger partial charge in [0.1, 0.15) is 5.01 Å². The summed E-state index contributed by atoms with van der Waals surface area (Å²) < 4.78 is 5.55. The maximum atomic E-state index is 12.3. The van der Waals surface area contributed by atoms with Gasteiger partial charge in [-0.15, -0.1) is 11.3 Å². The van der Waals surface area contributed by atoms with Crippen molar-refractivity contribution in [2.45, 2.75) is 19.6 Å². The maximum absolute atomic E-state index is 12.3. The molecule has 1 aromatic heterocycles. The smallest absolute Gasteiger partial charge is 0.265 e. The van der Waals surface area contributed by atoms with Crippen LogP contribution in [-0.4, -0.2) is 22.9 Å². The van der Waals surface area contributed by atoms with Crippen molar-refractivity contribution in [3.63, 3.8) is 0 Å². The first-order valence-electron chi connectivity index (χ1n) is 6.42. The molecule has 3 rings (SSSR count). The van der Waals surface area contributed by atoms with Gasteiger partial charge in [-0.25, -0.2) is 4.98 Å². The summed E-state index contributed by atoms with van der Waals surface area (Å²) in [5.41, 5.74) is 0.913. The summed E-state index contributed by atoms with van der Waals surface area (Å²) in [4.78, 5) is 28.0. The lowest BCUT2D eigenvalue weighted by Crippen LogP contribution is -2.35. The summed E-state index contributed by atoms with van der Waals surface area (Å²) in [5, 5.41) is 8.20. The molecule has 1 atom stereocenters. The van der Waals surface area contributed by atoms with E-state index in [1.807, 2.05) is 5.38 Å². The maximum Gasteiger partial charge on any atom is 0.265 e. The minimum absolute atomic E-state index is 0.220. The highest BCUT2D eigenvalue weighted by Gasteiger charge is 2.27. The van der Waals surface area contributed by atoms with Gasteiger partial charge in [0, 0.05) is 11.6 Å². The molecular formula is C14H13N3O3S. The monoisotopic (exact) mass is 303 g/mol. The molecule has 2 aromatic rings. The molecule has 2 amide bonds. The summed E-state index contributed by atoms with van der Waals surface area (Å²) >= 11 is 1.48. The zero-order chi connectivity index (χ0) is 14.8. The largest absolute Gasteiger partial charge is 0.478 e. The Morgan fingerprint density at radius 3 is 3.14 bits per heavy atom. The normalized spacial score (nSPS) is 16.6.